The van der Waals surface area contributed by atoms with Crippen LogP contribution in [0, 0.1) is 6.92 Å². The van der Waals surface area contributed by atoms with E-state index in [4.69, 9.17) is 21.1 Å². The number of rotatable bonds is 12. The van der Waals surface area contributed by atoms with Crippen LogP contribution in [0.3, 0.4) is 0 Å². The predicted octanol–water partition coefficient (Wildman–Crippen LogP) is 7.83. The van der Waals surface area contributed by atoms with Crippen molar-refractivity contribution in [2.45, 2.75) is 18.4 Å². The number of nitrogens with one attached hydrogen (secondary N) is 2. The van der Waals surface area contributed by atoms with E-state index in [9.17, 15) is 13.2 Å². The van der Waals surface area contributed by atoms with Gasteiger partial charge in [-0.3, -0.25) is 14.7 Å². The van der Waals surface area contributed by atoms with E-state index < -0.39 is 15.9 Å². The van der Waals surface area contributed by atoms with Gasteiger partial charge in [-0.1, -0.05) is 48.0 Å². The van der Waals surface area contributed by atoms with Crippen LogP contribution in [0.15, 0.2) is 138 Å². The first-order valence-electron chi connectivity index (χ1n) is 17.6. The minimum atomic E-state index is -4.21. The Bertz CT molecular complexity index is 2290. The van der Waals surface area contributed by atoms with Crippen molar-refractivity contribution in [1.29, 1.82) is 0 Å². The van der Waals surface area contributed by atoms with Crippen molar-refractivity contribution >= 4 is 38.9 Å². The summed E-state index contributed by atoms with van der Waals surface area (Å²) in [7, 11) is -4.21. The highest BCUT2D eigenvalue weighted by molar-refractivity contribution is 7.90. The molecule has 3 heterocycles. The lowest BCUT2D eigenvalue weighted by atomic mass is 9.99. The van der Waals surface area contributed by atoms with E-state index in [1.165, 1.54) is 23.3 Å². The Balaban J connectivity index is 1.04. The second-order valence-electron chi connectivity index (χ2n) is 13.1. The summed E-state index contributed by atoms with van der Waals surface area (Å²) < 4.78 is 40.6. The third-order valence-corrected chi connectivity index (χ3v) is 11.0. The summed E-state index contributed by atoms with van der Waals surface area (Å²) in [6, 6.07) is 29.7. The minimum absolute atomic E-state index is 0.0240. The first kappa shape index (κ1) is 36.7. The number of ether oxygens (including phenoxy) is 2. The summed E-state index contributed by atoms with van der Waals surface area (Å²) in [6.07, 6.45) is 8.67. The Morgan fingerprint density at radius 3 is 2.50 bits per heavy atom. The molecule has 4 aromatic carbocycles. The van der Waals surface area contributed by atoms with Gasteiger partial charge in [-0.25, -0.2) is 13.1 Å². The molecule has 7 rings (SSSR count). The molecular formula is C42H40ClN5O5S. The second-order valence-corrected chi connectivity index (χ2v) is 15.2. The topological polar surface area (TPSA) is 113 Å². The van der Waals surface area contributed by atoms with Crippen LogP contribution in [0.25, 0.3) is 11.1 Å². The lowest BCUT2D eigenvalue weighted by Gasteiger charge is -2.36. The Morgan fingerprint density at radius 1 is 0.944 bits per heavy atom. The smallest absolute Gasteiger partial charge is 0.268 e. The zero-order valence-electron chi connectivity index (χ0n) is 29.7. The van der Waals surface area contributed by atoms with E-state index in [0.29, 0.717) is 23.9 Å². The van der Waals surface area contributed by atoms with E-state index in [2.05, 4.69) is 49.1 Å². The van der Waals surface area contributed by atoms with Gasteiger partial charge >= 0.3 is 0 Å². The fourth-order valence-electron chi connectivity index (χ4n) is 6.47. The fraction of sp³-hybridized carbons (Fsp3) is 0.190. The molecule has 1 aromatic heterocycles. The summed E-state index contributed by atoms with van der Waals surface area (Å²) >= 11 is 6.14. The quantitative estimate of drug-likeness (QED) is 0.131. The summed E-state index contributed by atoms with van der Waals surface area (Å²) in [5.74, 6) is -0.163. The van der Waals surface area contributed by atoms with Crippen LogP contribution in [0.4, 0.5) is 11.4 Å². The number of piperazine rings is 1. The van der Waals surface area contributed by atoms with Crippen LogP contribution in [0.2, 0.25) is 5.02 Å². The summed E-state index contributed by atoms with van der Waals surface area (Å²) in [6.45, 7) is 6.86. The Hall–Kier alpha value is -5.62. The normalized spacial score (nSPS) is 14.6. The van der Waals surface area contributed by atoms with Gasteiger partial charge in [0.15, 0.2) is 0 Å². The average Bonchev–Trinajstić information content (AvgIpc) is 3.19. The SMILES string of the molecule is Cc1cc(S(=O)(=O)NC(=O)c2ccc(N3CCN(Cc4ccccc4-c4ccc(Cl)cc4)CC3)cc2Oc2cccnc2)ccc1NCC1=CCOC=C1. The standard InChI is InChI=1S/C42H40ClN5O5S/c1-30-25-37(13-15-40(30)45-27-31-16-23-52-24-17-31)54(50,51)46-42(49)39-14-12-35(26-41(39)53-36-6-4-18-44-28-36)48-21-19-47(20-22-48)29-33-5-2-3-7-38(33)32-8-10-34(43)11-9-32/h2-18,23,25-26,28,45H,19-22,24,27,29H2,1H3,(H,46,49). The van der Waals surface area contributed by atoms with Crippen LogP contribution >= 0.6 is 11.6 Å². The number of hydrogen-bond acceptors (Lipinski definition) is 9. The first-order valence-corrected chi connectivity index (χ1v) is 19.5. The lowest BCUT2D eigenvalue weighted by Crippen LogP contribution is -2.46. The van der Waals surface area contributed by atoms with E-state index in [-0.39, 0.29) is 16.2 Å². The molecule has 1 amide bonds. The van der Waals surface area contributed by atoms with Crippen molar-refractivity contribution in [3.63, 3.8) is 0 Å². The van der Waals surface area contributed by atoms with Gasteiger partial charge in [-0.2, -0.15) is 0 Å². The molecule has 0 atom stereocenters. The second kappa shape index (κ2) is 16.6. The van der Waals surface area contributed by atoms with E-state index in [1.54, 1.807) is 49.0 Å². The molecule has 2 aliphatic rings. The average molecular weight is 762 g/mol. The molecule has 1 saturated heterocycles. The summed E-state index contributed by atoms with van der Waals surface area (Å²) in [4.78, 5) is 22.5. The van der Waals surface area contributed by atoms with E-state index in [1.807, 2.05) is 49.4 Å². The van der Waals surface area contributed by atoms with Crippen molar-refractivity contribution in [2.24, 2.45) is 0 Å². The number of aryl methyl sites for hydroxylation is 1. The molecular weight excluding hydrogens is 722 g/mol. The number of hydrogen-bond donors (Lipinski definition) is 2. The number of carbonyl (C=O) groups excluding carboxylic acids is 1. The Kier molecular flexibility index (Phi) is 11.3. The van der Waals surface area contributed by atoms with Crippen molar-refractivity contribution in [2.75, 3.05) is 49.5 Å². The third kappa shape index (κ3) is 8.94. The number of amides is 1. The molecule has 0 radical (unpaired) electrons. The molecule has 12 heteroatoms. The van der Waals surface area contributed by atoms with E-state index in [0.717, 1.165) is 60.8 Å². The number of nitrogens with zero attached hydrogens (tertiary/aromatic N) is 3. The molecule has 0 bridgehead atoms. The molecule has 276 valence electrons. The zero-order valence-corrected chi connectivity index (χ0v) is 31.3. The number of carbonyl (C=O) groups is 1. The number of pyridine rings is 1. The van der Waals surface area contributed by atoms with Crippen molar-refractivity contribution < 1.29 is 22.7 Å². The van der Waals surface area contributed by atoms with E-state index >= 15 is 0 Å². The molecule has 2 aliphatic heterocycles. The van der Waals surface area contributed by atoms with Crippen LogP contribution in [0.5, 0.6) is 11.5 Å². The largest absolute Gasteiger partial charge is 0.497 e. The Labute approximate surface area is 320 Å². The molecule has 1 fully saturated rings. The molecule has 0 aliphatic carbocycles. The minimum Gasteiger partial charge on any atom is -0.497 e. The lowest BCUT2D eigenvalue weighted by molar-refractivity contribution is 0.0979. The van der Waals surface area contributed by atoms with Crippen LogP contribution < -0.4 is 19.7 Å². The van der Waals surface area contributed by atoms with Crippen LogP contribution in [-0.2, 0) is 21.3 Å². The van der Waals surface area contributed by atoms with Gasteiger partial charge in [0.1, 0.15) is 18.1 Å². The number of halogens is 1. The first-order chi connectivity index (χ1) is 26.2. The maximum absolute atomic E-state index is 13.7. The predicted molar refractivity (Wildman–Crippen MR) is 213 cm³/mol. The highest BCUT2D eigenvalue weighted by Crippen LogP contribution is 2.32. The molecule has 0 saturated carbocycles. The monoisotopic (exact) mass is 761 g/mol. The molecule has 54 heavy (non-hydrogen) atoms. The maximum atomic E-state index is 13.7. The number of aromatic nitrogens is 1. The summed E-state index contributed by atoms with van der Waals surface area (Å²) in [5, 5.41) is 4.04. The van der Waals surface area contributed by atoms with Gasteiger partial charge in [0.2, 0.25) is 0 Å². The van der Waals surface area contributed by atoms with Gasteiger partial charge in [0.25, 0.3) is 15.9 Å². The maximum Gasteiger partial charge on any atom is 0.268 e. The Morgan fingerprint density at radius 2 is 1.76 bits per heavy atom. The van der Waals surface area contributed by atoms with Gasteiger partial charge in [0.05, 0.1) is 22.9 Å². The molecule has 2 N–H and O–H groups in total. The van der Waals surface area contributed by atoms with Gasteiger partial charge in [-0.05, 0) is 101 Å². The van der Waals surface area contributed by atoms with Gasteiger partial charge in [0, 0.05) is 67.9 Å². The van der Waals surface area contributed by atoms with Crippen LogP contribution in [0.1, 0.15) is 21.5 Å². The highest BCUT2D eigenvalue weighted by Gasteiger charge is 2.25. The van der Waals surface area contributed by atoms with Crippen molar-refractivity contribution in [3.8, 4) is 22.6 Å². The number of sulfonamides is 1. The van der Waals surface area contributed by atoms with Crippen molar-refractivity contribution in [1.82, 2.24) is 14.6 Å². The number of anilines is 2. The molecule has 0 spiro atoms. The van der Waals surface area contributed by atoms with Gasteiger partial charge in [-0.15, -0.1) is 0 Å². The molecule has 10 nitrogen and oxygen atoms in total. The van der Waals surface area contributed by atoms with Crippen LogP contribution in [-0.4, -0.2) is 63.5 Å². The number of benzene rings is 4. The summed E-state index contributed by atoms with van der Waals surface area (Å²) in [5.41, 5.74) is 7.07. The van der Waals surface area contributed by atoms with Crippen molar-refractivity contribution in [3.05, 3.63) is 155 Å². The molecule has 0 unspecified atom stereocenters. The van der Waals surface area contributed by atoms with Gasteiger partial charge < -0.3 is 19.7 Å². The fourth-order valence-corrected chi connectivity index (χ4v) is 7.65. The zero-order chi connectivity index (χ0) is 37.5. The highest BCUT2D eigenvalue weighted by atomic mass is 35.5. The molecule has 5 aromatic rings. The third-order valence-electron chi connectivity index (χ3n) is 9.41.